The van der Waals surface area contributed by atoms with E-state index in [-0.39, 0.29) is 28.9 Å². The van der Waals surface area contributed by atoms with Crippen LogP contribution >= 0.6 is 24.0 Å². The highest BCUT2D eigenvalue weighted by Crippen LogP contribution is 2.17. The van der Waals surface area contributed by atoms with Crippen LogP contribution in [0.1, 0.15) is 18.1 Å². The van der Waals surface area contributed by atoms with Gasteiger partial charge in [-0.05, 0) is 37.7 Å². The Labute approximate surface area is 184 Å². The molecular weight excluding hydrogens is 491 g/mol. The third-order valence-corrected chi connectivity index (χ3v) is 5.33. The number of rotatable bonds is 8. The van der Waals surface area contributed by atoms with E-state index in [2.05, 4.69) is 20.3 Å². The zero-order valence-electron chi connectivity index (χ0n) is 16.2. The lowest BCUT2D eigenvalue weighted by Gasteiger charge is -2.14. The van der Waals surface area contributed by atoms with Gasteiger partial charge in [-0.2, -0.15) is 0 Å². The van der Waals surface area contributed by atoms with Crippen molar-refractivity contribution >= 4 is 40.0 Å². The summed E-state index contributed by atoms with van der Waals surface area (Å²) in [6.45, 7) is 3.67. The molecule has 0 atom stereocenters. The first-order valence-electron chi connectivity index (χ1n) is 8.68. The van der Waals surface area contributed by atoms with E-state index in [1.807, 2.05) is 31.2 Å². The SMILES string of the molecule is CCOc1ccccc1CNC(=NC)NCc1ccc(S(=O)(=O)NC)cc1.I. The van der Waals surface area contributed by atoms with Crippen molar-refractivity contribution in [3.8, 4) is 5.75 Å². The first kappa shape index (κ1) is 24.2. The Morgan fingerprint density at radius 1 is 1.04 bits per heavy atom. The number of para-hydroxylation sites is 1. The number of sulfonamides is 1. The molecule has 0 heterocycles. The average molecular weight is 518 g/mol. The van der Waals surface area contributed by atoms with Crippen LogP contribution in [0.4, 0.5) is 0 Å². The maximum Gasteiger partial charge on any atom is 0.240 e. The molecule has 0 fully saturated rings. The zero-order chi connectivity index (χ0) is 19.7. The van der Waals surface area contributed by atoms with Crippen molar-refractivity contribution in [1.29, 1.82) is 0 Å². The maximum atomic E-state index is 11.8. The van der Waals surface area contributed by atoms with Crippen molar-refractivity contribution in [1.82, 2.24) is 15.4 Å². The minimum absolute atomic E-state index is 0. The summed E-state index contributed by atoms with van der Waals surface area (Å²) in [6.07, 6.45) is 0. The van der Waals surface area contributed by atoms with Gasteiger partial charge in [0.2, 0.25) is 10.0 Å². The molecule has 9 heteroatoms. The van der Waals surface area contributed by atoms with E-state index >= 15 is 0 Å². The van der Waals surface area contributed by atoms with Crippen LogP contribution in [0.15, 0.2) is 58.4 Å². The molecular formula is C19H27IN4O3S. The van der Waals surface area contributed by atoms with Crippen LogP contribution in [0, 0.1) is 0 Å². The number of ether oxygens (including phenoxy) is 1. The Hall–Kier alpha value is -1.85. The molecule has 0 spiro atoms. The molecule has 0 aliphatic rings. The van der Waals surface area contributed by atoms with Gasteiger partial charge in [-0.15, -0.1) is 24.0 Å². The van der Waals surface area contributed by atoms with Gasteiger partial charge in [0.05, 0.1) is 11.5 Å². The van der Waals surface area contributed by atoms with Gasteiger partial charge < -0.3 is 15.4 Å². The predicted molar refractivity (Wildman–Crippen MR) is 123 cm³/mol. The Balaban J connectivity index is 0.00000392. The third kappa shape index (κ3) is 6.95. The van der Waals surface area contributed by atoms with Crippen molar-refractivity contribution in [3.63, 3.8) is 0 Å². The van der Waals surface area contributed by atoms with E-state index in [4.69, 9.17) is 4.74 Å². The van der Waals surface area contributed by atoms with Crippen molar-refractivity contribution in [3.05, 3.63) is 59.7 Å². The van der Waals surface area contributed by atoms with Crippen molar-refractivity contribution in [2.24, 2.45) is 4.99 Å². The second-order valence-electron chi connectivity index (χ2n) is 5.67. The molecule has 7 nitrogen and oxygen atoms in total. The minimum atomic E-state index is -3.42. The van der Waals surface area contributed by atoms with Gasteiger partial charge in [-0.25, -0.2) is 13.1 Å². The molecule has 28 heavy (non-hydrogen) atoms. The van der Waals surface area contributed by atoms with Crippen LogP contribution in [-0.2, 0) is 23.1 Å². The molecule has 0 aromatic heterocycles. The van der Waals surface area contributed by atoms with E-state index in [0.717, 1.165) is 16.9 Å². The molecule has 0 aliphatic carbocycles. The lowest BCUT2D eigenvalue weighted by Crippen LogP contribution is -2.36. The Morgan fingerprint density at radius 3 is 2.29 bits per heavy atom. The molecule has 0 radical (unpaired) electrons. The minimum Gasteiger partial charge on any atom is -0.494 e. The molecule has 3 N–H and O–H groups in total. The van der Waals surface area contributed by atoms with E-state index in [1.165, 1.54) is 7.05 Å². The lowest BCUT2D eigenvalue weighted by molar-refractivity contribution is 0.336. The first-order valence-corrected chi connectivity index (χ1v) is 10.2. The monoisotopic (exact) mass is 518 g/mol. The van der Waals surface area contributed by atoms with Gasteiger partial charge in [0.1, 0.15) is 5.75 Å². The van der Waals surface area contributed by atoms with E-state index in [0.29, 0.717) is 25.7 Å². The highest BCUT2D eigenvalue weighted by molar-refractivity contribution is 14.0. The second kappa shape index (κ2) is 11.9. The summed E-state index contributed by atoms with van der Waals surface area (Å²) in [5.41, 5.74) is 1.99. The molecule has 2 aromatic carbocycles. The number of nitrogens with one attached hydrogen (secondary N) is 3. The van der Waals surface area contributed by atoms with Gasteiger partial charge in [0, 0.05) is 25.7 Å². The topological polar surface area (TPSA) is 91.8 Å². The summed E-state index contributed by atoms with van der Waals surface area (Å²) in [7, 11) is -0.324. The summed E-state index contributed by atoms with van der Waals surface area (Å²) in [4.78, 5) is 4.45. The van der Waals surface area contributed by atoms with Crippen LogP contribution in [0.5, 0.6) is 5.75 Å². The predicted octanol–water partition coefficient (Wildman–Crippen LogP) is 2.48. The van der Waals surface area contributed by atoms with E-state index in [9.17, 15) is 8.42 Å². The molecule has 0 aliphatic heterocycles. The van der Waals surface area contributed by atoms with Crippen LogP contribution in [0.3, 0.4) is 0 Å². The highest BCUT2D eigenvalue weighted by Gasteiger charge is 2.10. The summed E-state index contributed by atoms with van der Waals surface area (Å²) in [5.74, 6) is 1.50. The quantitative estimate of drug-likeness (QED) is 0.284. The van der Waals surface area contributed by atoms with Crippen molar-refractivity contribution in [2.45, 2.75) is 24.9 Å². The largest absolute Gasteiger partial charge is 0.494 e. The summed E-state index contributed by atoms with van der Waals surface area (Å²) in [6, 6.07) is 14.6. The molecule has 0 saturated carbocycles. The first-order chi connectivity index (χ1) is 13.0. The van der Waals surface area contributed by atoms with Crippen LogP contribution < -0.4 is 20.1 Å². The summed E-state index contributed by atoms with van der Waals surface area (Å²) < 4.78 is 31.4. The zero-order valence-corrected chi connectivity index (χ0v) is 19.4. The molecule has 2 rings (SSSR count). The van der Waals surface area contributed by atoms with Crippen molar-refractivity contribution in [2.75, 3.05) is 20.7 Å². The highest BCUT2D eigenvalue weighted by atomic mass is 127. The third-order valence-electron chi connectivity index (χ3n) is 3.90. The number of guanidine groups is 1. The van der Waals surface area contributed by atoms with Crippen LogP contribution in [0.2, 0.25) is 0 Å². The molecule has 0 bridgehead atoms. The number of hydrogen-bond acceptors (Lipinski definition) is 4. The lowest BCUT2D eigenvalue weighted by atomic mass is 10.2. The van der Waals surface area contributed by atoms with Gasteiger partial charge in [0.25, 0.3) is 0 Å². The van der Waals surface area contributed by atoms with Crippen LogP contribution in [0.25, 0.3) is 0 Å². The van der Waals surface area contributed by atoms with Gasteiger partial charge in [-0.3, -0.25) is 4.99 Å². The number of hydrogen-bond donors (Lipinski definition) is 3. The van der Waals surface area contributed by atoms with Crippen molar-refractivity contribution < 1.29 is 13.2 Å². The molecule has 2 aromatic rings. The number of benzene rings is 2. The normalized spacial score (nSPS) is 11.5. The second-order valence-corrected chi connectivity index (χ2v) is 7.56. The number of halogens is 1. The molecule has 0 amide bonds. The van der Waals surface area contributed by atoms with Crippen LogP contribution in [-0.4, -0.2) is 35.1 Å². The van der Waals surface area contributed by atoms with E-state index < -0.39 is 10.0 Å². The Bertz CT molecular complexity index is 871. The van der Waals surface area contributed by atoms with Gasteiger partial charge >= 0.3 is 0 Å². The Kier molecular flexibility index (Phi) is 10.3. The summed E-state index contributed by atoms with van der Waals surface area (Å²) >= 11 is 0. The summed E-state index contributed by atoms with van der Waals surface area (Å²) in [5, 5.41) is 6.47. The Morgan fingerprint density at radius 2 is 1.68 bits per heavy atom. The standard InChI is InChI=1S/C19H26N4O3S.HI/c1-4-26-18-8-6-5-7-16(18)14-23-19(20-2)22-13-15-9-11-17(12-10-15)27(24,25)21-3;/h5-12,21H,4,13-14H2,1-3H3,(H2,20,22,23);1H. The fraction of sp³-hybridized carbons (Fsp3) is 0.316. The number of nitrogens with zero attached hydrogens (tertiary/aromatic N) is 1. The maximum absolute atomic E-state index is 11.8. The van der Waals surface area contributed by atoms with E-state index in [1.54, 1.807) is 31.3 Å². The van der Waals surface area contributed by atoms with Gasteiger partial charge in [0.15, 0.2) is 5.96 Å². The van der Waals surface area contributed by atoms with Gasteiger partial charge in [-0.1, -0.05) is 30.3 Å². The number of aliphatic imine (C=N–C) groups is 1. The molecule has 0 saturated heterocycles. The fourth-order valence-electron chi connectivity index (χ4n) is 2.44. The molecule has 154 valence electrons. The fourth-order valence-corrected chi connectivity index (χ4v) is 3.17. The average Bonchev–Trinajstić information content (AvgIpc) is 2.69. The smallest absolute Gasteiger partial charge is 0.240 e. The molecule has 0 unspecified atom stereocenters.